The Morgan fingerprint density at radius 1 is 1.21 bits per heavy atom. The van der Waals surface area contributed by atoms with Crippen LogP contribution in [0.25, 0.3) is 5.95 Å². The third-order valence-electron chi connectivity index (χ3n) is 3.59. The van der Waals surface area contributed by atoms with Crippen LogP contribution in [0.1, 0.15) is 24.4 Å². The fraction of sp³-hybridized carbons (Fsp3) is 0.188. The molecule has 0 aliphatic heterocycles. The van der Waals surface area contributed by atoms with Crippen LogP contribution in [-0.2, 0) is 6.18 Å². The van der Waals surface area contributed by atoms with E-state index in [1.807, 2.05) is 0 Å². The van der Waals surface area contributed by atoms with Gasteiger partial charge in [-0.15, -0.1) is 0 Å². The molecule has 2 N–H and O–H groups in total. The fourth-order valence-corrected chi connectivity index (χ4v) is 2.66. The molecule has 0 radical (unpaired) electrons. The van der Waals surface area contributed by atoms with E-state index in [0.717, 1.165) is 12.1 Å². The normalized spacial score (nSPS) is 12.5. The molecule has 3 rings (SSSR count). The van der Waals surface area contributed by atoms with E-state index in [9.17, 15) is 18.0 Å². The van der Waals surface area contributed by atoms with Crippen molar-refractivity contribution in [2.45, 2.75) is 19.1 Å². The first-order valence-electron chi connectivity index (χ1n) is 7.87. The molecule has 0 saturated carbocycles. The van der Waals surface area contributed by atoms with Crippen LogP contribution in [0, 0.1) is 0 Å². The zero-order valence-electron chi connectivity index (χ0n) is 14.3. The van der Waals surface area contributed by atoms with Gasteiger partial charge in [-0.2, -0.15) is 23.0 Å². The molecule has 2 amide bonds. The number of anilines is 1. The van der Waals surface area contributed by atoms with Crippen LogP contribution < -0.4 is 10.6 Å². The first-order valence-corrected chi connectivity index (χ1v) is 8.66. The lowest BCUT2D eigenvalue weighted by atomic mass is 10.2. The van der Waals surface area contributed by atoms with Crippen molar-refractivity contribution in [3.8, 4) is 5.95 Å². The number of hydrogen-bond donors (Lipinski definition) is 2. The van der Waals surface area contributed by atoms with Crippen LogP contribution >= 0.6 is 15.9 Å². The monoisotopic (exact) mass is 455 g/mol. The number of aromatic nitrogens is 5. The first-order chi connectivity index (χ1) is 13.3. The smallest absolute Gasteiger partial charge is 0.328 e. The molecular weight excluding hydrogens is 443 g/mol. The van der Waals surface area contributed by atoms with E-state index in [1.54, 1.807) is 13.0 Å². The van der Waals surface area contributed by atoms with Crippen molar-refractivity contribution in [3.63, 3.8) is 0 Å². The van der Waals surface area contributed by atoms with E-state index >= 15 is 0 Å². The second-order valence-electron chi connectivity index (χ2n) is 5.59. The lowest BCUT2D eigenvalue weighted by molar-refractivity contribution is -0.137. The van der Waals surface area contributed by atoms with E-state index in [4.69, 9.17) is 0 Å². The number of urea groups is 1. The molecular formula is C16H13BrF3N7O. The average molecular weight is 456 g/mol. The predicted octanol–water partition coefficient (Wildman–Crippen LogP) is 3.72. The molecule has 0 fully saturated rings. The highest BCUT2D eigenvalue weighted by Gasteiger charge is 2.31. The SMILES string of the molecule is CC(NC(=O)Nc1cc(C(F)(F)F)ccc1Br)c1ncnn1-c1ncccn1. The molecule has 2 aromatic heterocycles. The zero-order chi connectivity index (χ0) is 20.3. The van der Waals surface area contributed by atoms with Gasteiger partial charge in [0.15, 0.2) is 5.82 Å². The molecule has 12 heteroatoms. The molecule has 1 aromatic carbocycles. The number of carbonyl (C=O) groups is 1. The van der Waals surface area contributed by atoms with Gasteiger partial charge < -0.3 is 10.6 Å². The van der Waals surface area contributed by atoms with Crippen molar-refractivity contribution in [3.05, 3.63) is 58.8 Å². The van der Waals surface area contributed by atoms with Crippen molar-refractivity contribution in [1.29, 1.82) is 0 Å². The molecule has 0 aliphatic carbocycles. The molecule has 0 saturated heterocycles. The second-order valence-corrected chi connectivity index (χ2v) is 6.45. The van der Waals surface area contributed by atoms with Crippen LogP contribution in [0.4, 0.5) is 23.7 Å². The maximum absolute atomic E-state index is 12.9. The van der Waals surface area contributed by atoms with Crippen molar-refractivity contribution < 1.29 is 18.0 Å². The van der Waals surface area contributed by atoms with Gasteiger partial charge in [0.25, 0.3) is 5.95 Å². The Balaban J connectivity index is 1.74. The van der Waals surface area contributed by atoms with E-state index in [0.29, 0.717) is 10.3 Å². The van der Waals surface area contributed by atoms with Gasteiger partial charge in [0.2, 0.25) is 0 Å². The zero-order valence-corrected chi connectivity index (χ0v) is 15.9. The minimum Gasteiger partial charge on any atom is -0.328 e. The third-order valence-corrected chi connectivity index (χ3v) is 4.28. The van der Waals surface area contributed by atoms with Crippen molar-refractivity contribution >= 4 is 27.6 Å². The summed E-state index contributed by atoms with van der Waals surface area (Å²) in [5.74, 6) is 0.620. The van der Waals surface area contributed by atoms with Gasteiger partial charge in [-0.3, -0.25) is 0 Å². The third kappa shape index (κ3) is 4.44. The van der Waals surface area contributed by atoms with Gasteiger partial charge in [-0.25, -0.2) is 19.7 Å². The topological polar surface area (TPSA) is 97.6 Å². The van der Waals surface area contributed by atoms with Gasteiger partial charge in [0.1, 0.15) is 6.33 Å². The Labute approximate surface area is 165 Å². The Morgan fingerprint density at radius 3 is 2.61 bits per heavy atom. The van der Waals surface area contributed by atoms with E-state index < -0.39 is 23.8 Å². The summed E-state index contributed by atoms with van der Waals surface area (Å²) in [5.41, 5.74) is -0.896. The highest BCUT2D eigenvalue weighted by molar-refractivity contribution is 9.10. The van der Waals surface area contributed by atoms with Crippen LogP contribution in [0.15, 0.2) is 47.5 Å². The minimum atomic E-state index is -4.52. The molecule has 2 heterocycles. The number of nitrogens with zero attached hydrogens (tertiary/aromatic N) is 5. The van der Waals surface area contributed by atoms with E-state index in [-0.39, 0.29) is 11.6 Å². The largest absolute Gasteiger partial charge is 0.416 e. The molecule has 1 unspecified atom stereocenters. The van der Waals surface area contributed by atoms with Gasteiger partial charge in [-0.1, -0.05) is 0 Å². The van der Waals surface area contributed by atoms with Gasteiger partial charge in [-0.05, 0) is 47.1 Å². The molecule has 0 aliphatic rings. The average Bonchev–Trinajstić information content (AvgIpc) is 3.13. The van der Waals surface area contributed by atoms with Crippen molar-refractivity contribution in [1.82, 2.24) is 30.0 Å². The number of carbonyl (C=O) groups excluding carboxylic acids is 1. The van der Waals surface area contributed by atoms with Crippen LogP contribution in [-0.4, -0.2) is 30.8 Å². The second kappa shape index (κ2) is 7.92. The molecule has 3 aromatic rings. The summed E-state index contributed by atoms with van der Waals surface area (Å²) in [6.45, 7) is 1.64. The highest BCUT2D eigenvalue weighted by atomic mass is 79.9. The lowest BCUT2D eigenvalue weighted by Crippen LogP contribution is -2.33. The number of rotatable bonds is 4. The van der Waals surface area contributed by atoms with E-state index in [2.05, 4.69) is 46.6 Å². The van der Waals surface area contributed by atoms with Crippen LogP contribution in [0.5, 0.6) is 0 Å². The Morgan fingerprint density at radius 2 is 1.93 bits per heavy atom. The quantitative estimate of drug-likeness (QED) is 0.624. The summed E-state index contributed by atoms with van der Waals surface area (Å²) in [7, 11) is 0. The Hall–Kier alpha value is -3.02. The predicted molar refractivity (Wildman–Crippen MR) is 96.7 cm³/mol. The number of amides is 2. The Bertz CT molecular complexity index is 978. The fourth-order valence-electron chi connectivity index (χ4n) is 2.32. The van der Waals surface area contributed by atoms with Crippen LogP contribution in [0.2, 0.25) is 0 Å². The summed E-state index contributed by atoms with van der Waals surface area (Å²) in [4.78, 5) is 24.5. The minimum absolute atomic E-state index is 0.0209. The number of halogens is 4. The number of nitrogens with one attached hydrogen (secondary N) is 2. The summed E-state index contributed by atoms with van der Waals surface area (Å²) < 4.78 is 40.3. The standard InChI is InChI=1S/C16H13BrF3N7O/c1-9(13-23-8-24-27(13)14-21-5-2-6-22-14)25-15(28)26-12-7-10(16(18,19)20)3-4-11(12)17/h2-9H,1H3,(H2,25,26,28). The van der Waals surface area contributed by atoms with Gasteiger partial charge in [0.05, 0.1) is 17.3 Å². The number of benzene rings is 1. The summed E-state index contributed by atoms with van der Waals surface area (Å²) >= 11 is 3.12. The Kier molecular flexibility index (Phi) is 5.58. The molecule has 0 bridgehead atoms. The summed E-state index contributed by atoms with van der Waals surface area (Å²) in [5, 5.41) is 9.01. The maximum Gasteiger partial charge on any atom is 0.416 e. The lowest BCUT2D eigenvalue weighted by Gasteiger charge is -2.16. The molecule has 1 atom stereocenters. The maximum atomic E-state index is 12.9. The molecule has 146 valence electrons. The van der Waals surface area contributed by atoms with E-state index in [1.165, 1.54) is 29.5 Å². The van der Waals surface area contributed by atoms with Gasteiger partial charge >= 0.3 is 12.2 Å². The number of hydrogen-bond acceptors (Lipinski definition) is 5. The summed E-state index contributed by atoms with van der Waals surface area (Å²) in [6, 6.07) is 3.27. The van der Waals surface area contributed by atoms with Gasteiger partial charge in [0, 0.05) is 16.9 Å². The highest BCUT2D eigenvalue weighted by Crippen LogP contribution is 2.34. The van der Waals surface area contributed by atoms with Crippen molar-refractivity contribution in [2.75, 3.05) is 5.32 Å². The summed E-state index contributed by atoms with van der Waals surface area (Å²) in [6.07, 6.45) is -0.175. The molecule has 28 heavy (non-hydrogen) atoms. The van der Waals surface area contributed by atoms with Crippen molar-refractivity contribution in [2.24, 2.45) is 0 Å². The first kappa shape index (κ1) is 19.7. The molecule has 8 nitrogen and oxygen atoms in total. The molecule has 0 spiro atoms. The number of alkyl halides is 3. The van der Waals surface area contributed by atoms with Crippen LogP contribution in [0.3, 0.4) is 0 Å².